The summed E-state index contributed by atoms with van der Waals surface area (Å²) in [6, 6.07) is 8.57. The summed E-state index contributed by atoms with van der Waals surface area (Å²) < 4.78 is 26.2. The smallest absolute Gasteiger partial charge is 0.215 e. The molecule has 0 atom stereocenters. The minimum absolute atomic E-state index is 0.0610. The van der Waals surface area contributed by atoms with E-state index in [1.807, 2.05) is 24.9 Å². The Labute approximate surface area is 114 Å². The van der Waals surface area contributed by atoms with Gasteiger partial charge in [0.1, 0.15) is 0 Å². The molecule has 1 aromatic rings. The highest BCUT2D eigenvalue weighted by Gasteiger charge is 2.11. The summed E-state index contributed by atoms with van der Waals surface area (Å²) in [5, 5.41) is 8.67. The second kappa shape index (κ2) is 7.24. The SMILES string of the molecule is CCN(C)CCNS(=O)(=O)Cc1ccc(C#N)cc1. The summed E-state index contributed by atoms with van der Waals surface area (Å²) >= 11 is 0. The van der Waals surface area contributed by atoms with E-state index in [1.165, 1.54) is 0 Å². The third kappa shape index (κ3) is 5.83. The number of benzene rings is 1. The van der Waals surface area contributed by atoms with Gasteiger partial charge in [0.15, 0.2) is 0 Å². The first-order valence-corrected chi connectivity index (χ1v) is 7.77. The van der Waals surface area contributed by atoms with Crippen LogP contribution in [0.25, 0.3) is 0 Å². The van der Waals surface area contributed by atoms with Gasteiger partial charge in [-0.05, 0) is 31.3 Å². The molecule has 0 unspecified atom stereocenters. The molecule has 0 fully saturated rings. The molecule has 0 radical (unpaired) electrons. The Bertz CT molecular complexity index is 532. The zero-order valence-electron chi connectivity index (χ0n) is 11.3. The van der Waals surface area contributed by atoms with Crippen LogP contribution in [-0.4, -0.2) is 40.0 Å². The lowest BCUT2D eigenvalue weighted by Gasteiger charge is -2.14. The van der Waals surface area contributed by atoms with Gasteiger partial charge < -0.3 is 4.90 Å². The van der Waals surface area contributed by atoms with Gasteiger partial charge in [-0.3, -0.25) is 0 Å². The summed E-state index contributed by atoms with van der Waals surface area (Å²) in [5.74, 6) is -0.0610. The van der Waals surface area contributed by atoms with E-state index in [0.29, 0.717) is 24.2 Å². The Morgan fingerprint density at radius 3 is 2.47 bits per heavy atom. The van der Waals surface area contributed by atoms with Crippen LogP contribution < -0.4 is 4.72 Å². The number of sulfonamides is 1. The molecule has 0 aliphatic heterocycles. The quantitative estimate of drug-likeness (QED) is 0.807. The fraction of sp³-hybridized carbons (Fsp3) is 0.462. The Morgan fingerprint density at radius 1 is 1.32 bits per heavy atom. The molecular weight excluding hydrogens is 262 g/mol. The van der Waals surface area contributed by atoms with Crippen LogP contribution >= 0.6 is 0 Å². The molecule has 0 bridgehead atoms. The van der Waals surface area contributed by atoms with Crippen molar-refractivity contribution in [3.63, 3.8) is 0 Å². The highest BCUT2D eigenvalue weighted by molar-refractivity contribution is 7.88. The van der Waals surface area contributed by atoms with Crippen LogP contribution in [0.4, 0.5) is 0 Å². The summed E-state index contributed by atoms with van der Waals surface area (Å²) in [4.78, 5) is 2.03. The lowest BCUT2D eigenvalue weighted by Crippen LogP contribution is -2.33. The lowest BCUT2D eigenvalue weighted by molar-refractivity contribution is 0.358. The monoisotopic (exact) mass is 281 g/mol. The second-order valence-corrected chi connectivity index (χ2v) is 6.16. The van der Waals surface area contributed by atoms with Crippen molar-refractivity contribution in [1.82, 2.24) is 9.62 Å². The predicted molar refractivity (Wildman–Crippen MR) is 75.0 cm³/mol. The Morgan fingerprint density at radius 2 is 1.95 bits per heavy atom. The topological polar surface area (TPSA) is 73.2 Å². The Hall–Kier alpha value is -1.42. The first kappa shape index (κ1) is 15.6. The molecule has 0 saturated heterocycles. The number of nitrogens with one attached hydrogen (secondary N) is 1. The van der Waals surface area contributed by atoms with Crippen molar-refractivity contribution < 1.29 is 8.42 Å². The summed E-state index contributed by atoms with van der Waals surface area (Å²) in [6.45, 7) is 3.99. The maximum absolute atomic E-state index is 11.8. The molecule has 0 spiro atoms. The van der Waals surface area contributed by atoms with E-state index in [0.717, 1.165) is 6.54 Å². The van der Waals surface area contributed by atoms with Crippen LogP contribution in [0.2, 0.25) is 0 Å². The van der Waals surface area contributed by atoms with Crippen molar-refractivity contribution >= 4 is 10.0 Å². The van der Waals surface area contributed by atoms with Gasteiger partial charge in [-0.25, -0.2) is 13.1 Å². The largest absolute Gasteiger partial charge is 0.305 e. The van der Waals surface area contributed by atoms with Gasteiger partial charge in [-0.2, -0.15) is 5.26 Å². The van der Waals surface area contributed by atoms with Crippen LogP contribution in [0.3, 0.4) is 0 Å². The number of nitrogens with zero attached hydrogens (tertiary/aromatic N) is 2. The number of hydrogen-bond donors (Lipinski definition) is 1. The van der Waals surface area contributed by atoms with E-state index in [1.54, 1.807) is 24.3 Å². The number of likely N-dealkylation sites (N-methyl/N-ethyl adjacent to an activating group) is 1. The van der Waals surface area contributed by atoms with Crippen molar-refractivity contribution in [3.8, 4) is 6.07 Å². The molecule has 0 aliphatic rings. The number of hydrogen-bond acceptors (Lipinski definition) is 4. The van der Waals surface area contributed by atoms with Gasteiger partial charge in [0.05, 0.1) is 17.4 Å². The molecule has 6 heteroatoms. The van der Waals surface area contributed by atoms with E-state index < -0.39 is 10.0 Å². The van der Waals surface area contributed by atoms with Gasteiger partial charge in [0.25, 0.3) is 0 Å². The molecule has 0 aliphatic carbocycles. The summed E-state index contributed by atoms with van der Waals surface area (Å²) in [7, 11) is -1.38. The van der Waals surface area contributed by atoms with Crippen LogP contribution in [0.1, 0.15) is 18.1 Å². The molecule has 19 heavy (non-hydrogen) atoms. The first-order valence-electron chi connectivity index (χ1n) is 6.11. The number of rotatable bonds is 7. The molecular formula is C13H19N3O2S. The highest BCUT2D eigenvalue weighted by Crippen LogP contribution is 2.06. The summed E-state index contributed by atoms with van der Waals surface area (Å²) in [5.41, 5.74) is 1.20. The molecule has 104 valence electrons. The minimum Gasteiger partial charge on any atom is -0.305 e. The molecule has 0 aromatic heterocycles. The maximum atomic E-state index is 11.8. The van der Waals surface area contributed by atoms with Crippen LogP contribution in [-0.2, 0) is 15.8 Å². The maximum Gasteiger partial charge on any atom is 0.215 e. The van der Waals surface area contributed by atoms with Gasteiger partial charge >= 0.3 is 0 Å². The van der Waals surface area contributed by atoms with Crippen molar-refractivity contribution in [2.75, 3.05) is 26.7 Å². The Balaban J connectivity index is 2.52. The third-order valence-electron chi connectivity index (χ3n) is 2.80. The average Bonchev–Trinajstić information content (AvgIpc) is 2.38. The van der Waals surface area contributed by atoms with E-state index in [9.17, 15) is 8.42 Å². The third-order valence-corrected chi connectivity index (χ3v) is 4.15. The van der Waals surface area contributed by atoms with Crippen molar-refractivity contribution in [1.29, 1.82) is 5.26 Å². The van der Waals surface area contributed by atoms with E-state index in [4.69, 9.17) is 5.26 Å². The van der Waals surface area contributed by atoms with Crippen molar-refractivity contribution in [2.45, 2.75) is 12.7 Å². The molecule has 1 rings (SSSR count). The highest BCUT2D eigenvalue weighted by atomic mass is 32.2. The normalized spacial score (nSPS) is 11.5. The Kier molecular flexibility index (Phi) is 5.96. The van der Waals surface area contributed by atoms with Gasteiger partial charge in [-0.15, -0.1) is 0 Å². The number of nitriles is 1. The van der Waals surface area contributed by atoms with Crippen molar-refractivity contribution in [2.24, 2.45) is 0 Å². The molecule has 1 aromatic carbocycles. The van der Waals surface area contributed by atoms with E-state index in [-0.39, 0.29) is 5.75 Å². The van der Waals surface area contributed by atoms with Crippen LogP contribution in [0.5, 0.6) is 0 Å². The first-order chi connectivity index (χ1) is 8.96. The molecule has 5 nitrogen and oxygen atoms in total. The lowest BCUT2D eigenvalue weighted by atomic mass is 10.2. The zero-order valence-corrected chi connectivity index (χ0v) is 12.1. The average molecular weight is 281 g/mol. The summed E-state index contributed by atoms with van der Waals surface area (Å²) in [6.07, 6.45) is 0. The molecule has 0 heterocycles. The van der Waals surface area contributed by atoms with E-state index >= 15 is 0 Å². The predicted octanol–water partition coefficient (Wildman–Crippen LogP) is 0.929. The molecule has 1 N–H and O–H groups in total. The van der Waals surface area contributed by atoms with E-state index in [2.05, 4.69) is 4.72 Å². The van der Waals surface area contributed by atoms with Gasteiger partial charge in [0, 0.05) is 13.1 Å². The zero-order chi connectivity index (χ0) is 14.3. The van der Waals surface area contributed by atoms with Crippen LogP contribution in [0.15, 0.2) is 24.3 Å². The van der Waals surface area contributed by atoms with Gasteiger partial charge in [-0.1, -0.05) is 19.1 Å². The minimum atomic E-state index is -3.32. The standard InChI is InChI=1S/C13H19N3O2S/c1-3-16(2)9-8-15-19(17,18)11-13-6-4-12(10-14)5-7-13/h4-7,15H,3,8-9,11H2,1-2H3. The molecule has 0 amide bonds. The van der Waals surface area contributed by atoms with Gasteiger partial charge in [0.2, 0.25) is 10.0 Å². The second-order valence-electron chi connectivity index (χ2n) is 4.36. The fourth-order valence-corrected chi connectivity index (χ4v) is 2.63. The molecule has 0 saturated carbocycles. The van der Waals surface area contributed by atoms with Crippen molar-refractivity contribution in [3.05, 3.63) is 35.4 Å². The van der Waals surface area contributed by atoms with Crippen LogP contribution in [0, 0.1) is 11.3 Å². The fourth-order valence-electron chi connectivity index (χ4n) is 1.50.